The minimum Gasteiger partial charge on any atom is -0.377 e. The maximum atomic E-state index is 11.9. The van der Waals surface area contributed by atoms with Crippen LogP contribution >= 0.6 is 11.6 Å². The molecule has 2 aliphatic heterocycles. The normalized spacial score (nSPS) is 44.1. The highest BCUT2D eigenvalue weighted by atomic mass is 35.5. The van der Waals surface area contributed by atoms with Gasteiger partial charge in [-0.1, -0.05) is 0 Å². The van der Waals surface area contributed by atoms with Crippen LogP contribution < -0.4 is 10.6 Å². The summed E-state index contributed by atoms with van der Waals surface area (Å²) in [6, 6.07) is -0.502. The lowest BCUT2D eigenvalue weighted by Crippen LogP contribution is -2.65. The minimum absolute atomic E-state index is 0.0208. The van der Waals surface area contributed by atoms with Gasteiger partial charge in [-0.2, -0.15) is 0 Å². The number of nitrogens with one attached hydrogen (secondary N) is 2. The average Bonchev–Trinajstić information content (AvgIpc) is 2.41. The van der Waals surface area contributed by atoms with Gasteiger partial charge in [0.15, 0.2) is 0 Å². The Labute approximate surface area is 122 Å². The summed E-state index contributed by atoms with van der Waals surface area (Å²) in [6.45, 7) is 2.57. The van der Waals surface area contributed by atoms with Crippen LogP contribution in [0.4, 0.5) is 4.79 Å². The van der Waals surface area contributed by atoms with Crippen molar-refractivity contribution >= 4 is 23.5 Å². The lowest BCUT2D eigenvalue weighted by Gasteiger charge is -2.48. The van der Waals surface area contributed by atoms with E-state index in [2.05, 4.69) is 10.6 Å². The van der Waals surface area contributed by atoms with E-state index >= 15 is 0 Å². The van der Waals surface area contributed by atoms with Crippen LogP contribution in [0.2, 0.25) is 0 Å². The molecule has 1 saturated carbocycles. The van der Waals surface area contributed by atoms with Gasteiger partial charge in [0, 0.05) is 6.61 Å². The van der Waals surface area contributed by atoms with E-state index in [1.54, 1.807) is 0 Å². The number of halogens is 1. The molecule has 0 aromatic carbocycles. The molecular formula is C13H19ClN2O4. The van der Waals surface area contributed by atoms with E-state index in [-0.39, 0.29) is 35.3 Å². The molecular weight excluding hydrogens is 284 g/mol. The molecule has 6 nitrogen and oxygen atoms in total. The fourth-order valence-electron chi connectivity index (χ4n) is 3.46. The van der Waals surface area contributed by atoms with Crippen LogP contribution in [0.25, 0.3) is 0 Å². The van der Waals surface area contributed by atoms with Crippen molar-refractivity contribution in [1.82, 2.24) is 10.6 Å². The Morgan fingerprint density at radius 1 is 1.40 bits per heavy atom. The number of amides is 3. The molecule has 6 atom stereocenters. The zero-order valence-corrected chi connectivity index (χ0v) is 12.1. The number of carbonyl (C=O) groups is 2. The van der Waals surface area contributed by atoms with Gasteiger partial charge >= 0.3 is 6.03 Å². The van der Waals surface area contributed by atoms with E-state index in [0.717, 1.165) is 12.8 Å². The SMILES string of the molecule is CCOC1CCC2CC3C(=O)NC(=O)NC3OC2C1Cl. The Balaban J connectivity index is 1.73. The minimum atomic E-state index is -0.570. The lowest BCUT2D eigenvalue weighted by molar-refractivity contribution is -0.170. The highest BCUT2D eigenvalue weighted by Crippen LogP contribution is 2.41. The van der Waals surface area contributed by atoms with E-state index in [1.807, 2.05) is 6.92 Å². The van der Waals surface area contributed by atoms with E-state index in [1.165, 1.54) is 0 Å². The largest absolute Gasteiger partial charge is 0.377 e. The second-order valence-electron chi connectivity index (χ2n) is 5.60. The van der Waals surface area contributed by atoms with Crippen LogP contribution in [-0.4, -0.2) is 42.4 Å². The summed E-state index contributed by atoms with van der Waals surface area (Å²) in [4.78, 5) is 23.2. The van der Waals surface area contributed by atoms with E-state index < -0.39 is 12.3 Å². The van der Waals surface area contributed by atoms with Crippen LogP contribution in [0, 0.1) is 11.8 Å². The maximum absolute atomic E-state index is 11.9. The number of urea groups is 1. The van der Waals surface area contributed by atoms with E-state index in [0.29, 0.717) is 13.0 Å². The highest BCUT2D eigenvalue weighted by Gasteiger charge is 2.50. The summed E-state index contributed by atoms with van der Waals surface area (Å²) in [5.41, 5.74) is 0. The predicted octanol–water partition coefficient (Wildman–Crippen LogP) is 0.980. The molecule has 0 radical (unpaired) electrons. The Morgan fingerprint density at radius 2 is 2.20 bits per heavy atom. The van der Waals surface area contributed by atoms with Gasteiger partial charge in [0.05, 0.1) is 23.5 Å². The van der Waals surface area contributed by atoms with Crippen LogP contribution in [0.3, 0.4) is 0 Å². The number of hydrogen-bond donors (Lipinski definition) is 2. The molecule has 0 spiro atoms. The molecule has 20 heavy (non-hydrogen) atoms. The number of carbonyl (C=O) groups excluding carboxylic acids is 2. The van der Waals surface area contributed by atoms with Crippen molar-refractivity contribution in [3.05, 3.63) is 0 Å². The lowest BCUT2D eigenvalue weighted by atomic mass is 9.76. The maximum Gasteiger partial charge on any atom is 0.323 e. The molecule has 1 aliphatic carbocycles. The van der Waals surface area contributed by atoms with Crippen molar-refractivity contribution in [1.29, 1.82) is 0 Å². The number of alkyl halides is 1. The molecule has 7 heteroatoms. The zero-order chi connectivity index (χ0) is 14.3. The predicted molar refractivity (Wildman–Crippen MR) is 71.2 cm³/mol. The first-order valence-electron chi connectivity index (χ1n) is 7.12. The molecule has 3 amide bonds. The van der Waals surface area contributed by atoms with Crippen molar-refractivity contribution in [3.63, 3.8) is 0 Å². The molecule has 2 saturated heterocycles. The summed E-state index contributed by atoms with van der Waals surface area (Å²) in [5, 5.41) is 4.70. The molecule has 3 aliphatic rings. The van der Waals surface area contributed by atoms with Gasteiger partial charge in [-0.25, -0.2) is 4.79 Å². The molecule has 112 valence electrons. The van der Waals surface area contributed by atoms with Crippen molar-refractivity contribution in [3.8, 4) is 0 Å². The first kappa shape index (κ1) is 14.1. The van der Waals surface area contributed by atoms with Crippen molar-refractivity contribution in [2.45, 2.75) is 50.0 Å². The Morgan fingerprint density at radius 3 is 2.95 bits per heavy atom. The van der Waals surface area contributed by atoms with Crippen molar-refractivity contribution < 1.29 is 19.1 Å². The monoisotopic (exact) mass is 302 g/mol. The van der Waals surface area contributed by atoms with Gasteiger partial charge in [0.1, 0.15) is 6.23 Å². The molecule has 6 unspecified atom stereocenters. The molecule has 2 N–H and O–H groups in total. The second-order valence-corrected chi connectivity index (χ2v) is 6.11. The summed E-state index contributed by atoms with van der Waals surface area (Å²) >= 11 is 6.48. The van der Waals surface area contributed by atoms with Crippen LogP contribution in [0.5, 0.6) is 0 Å². The summed E-state index contributed by atoms with van der Waals surface area (Å²) < 4.78 is 11.6. The molecule has 0 aromatic rings. The molecule has 0 bridgehead atoms. The van der Waals surface area contributed by atoms with E-state index in [4.69, 9.17) is 21.1 Å². The molecule has 3 rings (SSSR count). The third-order valence-electron chi connectivity index (χ3n) is 4.41. The summed E-state index contributed by atoms with van der Waals surface area (Å²) in [5.74, 6) is -0.326. The third kappa shape index (κ3) is 2.40. The third-order valence-corrected chi connectivity index (χ3v) is 4.94. The van der Waals surface area contributed by atoms with Crippen LogP contribution in [0.15, 0.2) is 0 Å². The average molecular weight is 303 g/mol. The number of imide groups is 1. The van der Waals surface area contributed by atoms with Crippen LogP contribution in [0.1, 0.15) is 26.2 Å². The first-order valence-corrected chi connectivity index (χ1v) is 7.56. The van der Waals surface area contributed by atoms with Crippen molar-refractivity contribution in [2.24, 2.45) is 11.8 Å². The number of fused-ring (bicyclic) bond motifs is 2. The zero-order valence-electron chi connectivity index (χ0n) is 11.3. The standard InChI is InChI=1S/C13H19ClN2O4/c1-2-19-8-4-3-6-5-7-11(17)15-13(18)16-12(7)20-10(6)9(8)14/h6-10,12H,2-5H2,1H3,(H2,15,16,17,18). The Hall–Kier alpha value is -0.850. The van der Waals surface area contributed by atoms with Gasteiger partial charge < -0.3 is 14.8 Å². The van der Waals surface area contributed by atoms with E-state index in [9.17, 15) is 9.59 Å². The molecule has 0 aromatic heterocycles. The second kappa shape index (κ2) is 5.50. The number of rotatable bonds is 2. The van der Waals surface area contributed by atoms with Gasteiger partial charge in [0.2, 0.25) is 5.91 Å². The smallest absolute Gasteiger partial charge is 0.323 e. The van der Waals surface area contributed by atoms with Crippen molar-refractivity contribution in [2.75, 3.05) is 6.61 Å². The van der Waals surface area contributed by atoms with Gasteiger partial charge in [-0.05, 0) is 32.1 Å². The summed E-state index contributed by atoms with van der Waals surface area (Å²) in [6.07, 6.45) is 1.76. The fraction of sp³-hybridized carbons (Fsp3) is 0.846. The number of ether oxygens (including phenoxy) is 2. The van der Waals surface area contributed by atoms with Gasteiger partial charge in [-0.15, -0.1) is 11.6 Å². The number of hydrogen-bond acceptors (Lipinski definition) is 4. The van der Waals surface area contributed by atoms with Gasteiger partial charge in [-0.3, -0.25) is 10.1 Å². The fourth-order valence-corrected chi connectivity index (χ4v) is 3.93. The Kier molecular flexibility index (Phi) is 3.88. The molecule has 2 heterocycles. The quantitative estimate of drug-likeness (QED) is 0.746. The highest BCUT2D eigenvalue weighted by molar-refractivity contribution is 6.21. The topological polar surface area (TPSA) is 76.7 Å². The summed E-state index contributed by atoms with van der Waals surface area (Å²) in [7, 11) is 0. The van der Waals surface area contributed by atoms with Crippen LogP contribution in [-0.2, 0) is 14.3 Å². The first-order chi connectivity index (χ1) is 9.60. The molecule has 3 fully saturated rings. The Bertz CT molecular complexity index is 419. The van der Waals surface area contributed by atoms with Gasteiger partial charge in [0.25, 0.3) is 0 Å².